The first-order valence-electron chi connectivity index (χ1n) is 8.78. The molecule has 0 aliphatic carbocycles. The number of hydrogen-bond donors (Lipinski definition) is 3. The molecule has 28 heavy (non-hydrogen) atoms. The van der Waals surface area contributed by atoms with Crippen molar-refractivity contribution in [1.82, 2.24) is 10.6 Å². The highest BCUT2D eigenvalue weighted by molar-refractivity contribution is 5.95. The van der Waals surface area contributed by atoms with Crippen LogP contribution in [-0.4, -0.2) is 30.9 Å². The first-order chi connectivity index (χ1) is 12.9. The molecule has 150 valence electrons. The first kappa shape index (κ1) is 21.8. The summed E-state index contributed by atoms with van der Waals surface area (Å²) in [5.41, 5.74) is 1.73. The maximum absolute atomic E-state index is 13.6. The molecule has 5 nitrogen and oxygen atoms in total. The van der Waals surface area contributed by atoms with Gasteiger partial charge in [-0.25, -0.2) is 8.78 Å². The quantitative estimate of drug-likeness (QED) is 0.726. The van der Waals surface area contributed by atoms with Crippen LogP contribution in [0.15, 0.2) is 42.5 Å². The van der Waals surface area contributed by atoms with Gasteiger partial charge in [0.05, 0.1) is 0 Å². The minimum absolute atomic E-state index is 0. The largest absolute Gasteiger partial charge is 0.347 e. The zero-order valence-electron chi connectivity index (χ0n) is 15.3. The summed E-state index contributed by atoms with van der Waals surface area (Å²) in [7, 11) is 0. The van der Waals surface area contributed by atoms with Crippen molar-refractivity contribution in [2.24, 2.45) is 0 Å². The van der Waals surface area contributed by atoms with Gasteiger partial charge in [-0.2, -0.15) is 0 Å². The van der Waals surface area contributed by atoms with Crippen molar-refractivity contribution in [2.45, 2.75) is 25.3 Å². The van der Waals surface area contributed by atoms with Crippen LogP contribution in [-0.2, 0) is 4.79 Å². The molecule has 1 heterocycles. The third-order valence-electron chi connectivity index (χ3n) is 4.64. The number of rotatable bonds is 4. The van der Waals surface area contributed by atoms with Crippen molar-refractivity contribution in [3.63, 3.8) is 0 Å². The molecule has 2 amide bonds. The molecule has 0 saturated carbocycles. The molecule has 0 bridgehead atoms. The van der Waals surface area contributed by atoms with Gasteiger partial charge in [-0.3, -0.25) is 9.59 Å². The van der Waals surface area contributed by atoms with E-state index in [1.807, 2.05) is 0 Å². The van der Waals surface area contributed by atoms with E-state index in [2.05, 4.69) is 16.0 Å². The van der Waals surface area contributed by atoms with Crippen molar-refractivity contribution >= 4 is 29.9 Å². The topological polar surface area (TPSA) is 70.2 Å². The van der Waals surface area contributed by atoms with Crippen molar-refractivity contribution in [3.05, 3.63) is 65.2 Å². The van der Waals surface area contributed by atoms with Crippen LogP contribution >= 0.6 is 12.4 Å². The molecule has 2 unspecified atom stereocenters. The zero-order valence-corrected chi connectivity index (χ0v) is 16.1. The second-order valence-electron chi connectivity index (χ2n) is 6.61. The predicted molar refractivity (Wildman–Crippen MR) is 106 cm³/mol. The van der Waals surface area contributed by atoms with Gasteiger partial charge in [0.25, 0.3) is 5.91 Å². The van der Waals surface area contributed by atoms with E-state index in [1.54, 1.807) is 30.3 Å². The van der Waals surface area contributed by atoms with Crippen molar-refractivity contribution < 1.29 is 18.4 Å². The minimum Gasteiger partial charge on any atom is -0.347 e. The molecular formula is C20H22ClF2N3O2. The lowest BCUT2D eigenvalue weighted by Crippen LogP contribution is -2.50. The summed E-state index contributed by atoms with van der Waals surface area (Å²) in [6.45, 7) is 2.69. The van der Waals surface area contributed by atoms with Crippen molar-refractivity contribution in [2.75, 3.05) is 18.4 Å². The van der Waals surface area contributed by atoms with Crippen LogP contribution in [0.2, 0.25) is 0 Å². The van der Waals surface area contributed by atoms with Crippen molar-refractivity contribution in [1.29, 1.82) is 0 Å². The predicted octanol–water partition coefficient (Wildman–Crippen LogP) is 3.22. The van der Waals surface area contributed by atoms with Gasteiger partial charge in [0, 0.05) is 36.7 Å². The summed E-state index contributed by atoms with van der Waals surface area (Å²) in [6.07, 6.45) is 0.706. The second-order valence-corrected chi connectivity index (χ2v) is 6.61. The van der Waals surface area contributed by atoms with E-state index in [9.17, 15) is 18.4 Å². The number of halogens is 3. The van der Waals surface area contributed by atoms with E-state index < -0.39 is 11.6 Å². The van der Waals surface area contributed by atoms with Gasteiger partial charge in [-0.1, -0.05) is 6.07 Å². The summed E-state index contributed by atoms with van der Waals surface area (Å²) in [4.78, 5) is 23.6. The molecule has 1 fully saturated rings. The Morgan fingerprint density at radius 2 is 1.79 bits per heavy atom. The third kappa shape index (κ3) is 5.27. The van der Waals surface area contributed by atoms with Gasteiger partial charge < -0.3 is 16.0 Å². The molecule has 3 N–H and O–H groups in total. The minimum atomic E-state index is -0.885. The van der Waals surface area contributed by atoms with E-state index in [-0.39, 0.29) is 36.2 Å². The van der Waals surface area contributed by atoms with Crippen molar-refractivity contribution in [3.8, 4) is 0 Å². The molecule has 2 atom stereocenters. The van der Waals surface area contributed by atoms with Crippen LogP contribution in [0.25, 0.3) is 0 Å². The van der Waals surface area contributed by atoms with Gasteiger partial charge >= 0.3 is 0 Å². The second kappa shape index (κ2) is 9.61. The summed E-state index contributed by atoms with van der Waals surface area (Å²) >= 11 is 0. The Kier molecular flexibility index (Phi) is 7.48. The Balaban J connectivity index is 0.00000280. The number of benzene rings is 2. The SMILES string of the molecule is CC(=O)Nc1ccc(C(=O)NC2CNCCC2c2ccc(F)c(F)c2)cc1.Cl. The number of piperidine rings is 1. The molecule has 2 aromatic carbocycles. The first-order valence-corrected chi connectivity index (χ1v) is 8.78. The number of amides is 2. The van der Waals surface area contributed by atoms with Crippen LogP contribution in [0.3, 0.4) is 0 Å². The number of nitrogens with one attached hydrogen (secondary N) is 3. The molecular weight excluding hydrogens is 388 g/mol. The fourth-order valence-electron chi connectivity index (χ4n) is 3.31. The molecule has 1 aliphatic rings. The van der Waals surface area contributed by atoms with Gasteiger partial charge in [-0.05, 0) is 54.9 Å². The lowest BCUT2D eigenvalue weighted by Gasteiger charge is -2.33. The molecule has 0 spiro atoms. The van der Waals surface area contributed by atoms with Crippen LogP contribution < -0.4 is 16.0 Å². The van der Waals surface area contributed by atoms with E-state index in [0.717, 1.165) is 12.6 Å². The molecule has 2 aromatic rings. The van der Waals surface area contributed by atoms with Crippen LogP contribution in [0, 0.1) is 11.6 Å². The Bertz CT molecular complexity index is 846. The fourth-order valence-corrected chi connectivity index (χ4v) is 3.31. The summed E-state index contributed by atoms with van der Waals surface area (Å²) < 4.78 is 26.8. The lowest BCUT2D eigenvalue weighted by atomic mass is 9.85. The van der Waals surface area contributed by atoms with Crippen LogP contribution in [0.4, 0.5) is 14.5 Å². The monoisotopic (exact) mass is 409 g/mol. The average molecular weight is 410 g/mol. The van der Waals surface area contributed by atoms with E-state index in [0.29, 0.717) is 29.8 Å². The van der Waals surface area contributed by atoms with Gasteiger partial charge in [0.1, 0.15) is 0 Å². The Morgan fingerprint density at radius 1 is 1.07 bits per heavy atom. The standard InChI is InChI=1S/C20H21F2N3O2.ClH/c1-12(26)24-15-5-2-13(3-6-15)20(27)25-19-11-23-9-8-16(19)14-4-7-17(21)18(22)10-14;/h2-7,10,16,19,23H,8-9,11H2,1H3,(H,24,26)(H,25,27);1H. The number of anilines is 1. The molecule has 0 aromatic heterocycles. The summed E-state index contributed by atoms with van der Waals surface area (Å²) in [5.74, 6) is -2.32. The van der Waals surface area contributed by atoms with Crippen LogP contribution in [0.5, 0.6) is 0 Å². The maximum Gasteiger partial charge on any atom is 0.251 e. The van der Waals surface area contributed by atoms with Gasteiger partial charge in [0.2, 0.25) is 5.91 Å². The van der Waals surface area contributed by atoms with E-state index in [4.69, 9.17) is 0 Å². The number of hydrogen-bond acceptors (Lipinski definition) is 3. The fraction of sp³-hybridized carbons (Fsp3) is 0.300. The molecule has 8 heteroatoms. The highest BCUT2D eigenvalue weighted by atomic mass is 35.5. The average Bonchev–Trinajstić information content (AvgIpc) is 2.64. The Labute approximate surface area is 168 Å². The molecule has 3 rings (SSSR count). The summed E-state index contributed by atoms with van der Waals surface area (Å²) in [5, 5.41) is 8.84. The Hall–Kier alpha value is -2.51. The maximum atomic E-state index is 13.6. The van der Waals surface area contributed by atoms with E-state index in [1.165, 1.54) is 13.0 Å². The van der Waals surface area contributed by atoms with Crippen LogP contribution in [0.1, 0.15) is 35.2 Å². The lowest BCUT2D eigenvalue weighted by molar-refractivity contribution is -0.114. The Morgan fingerprint density at radius 3 is 2.43 bits per heavy atom. The number of carbonyl (C=O) groups excluding carboxylic acids is 2. The highest BCUT2D eigenvalue weighted by Gasteiger charge is 2.28. The number of carbonyl (C=O) groups is 2. The normalized spacial score (nSPS) is 18.7. The van der Waals surface area contributed by atoms with Gasteiger partial charge in [-0.15, -0.1) is 12.4 Å². The summed E-state index contributed by atoms with van der Waals surface area (Å²) in [6, 6.07) is 10.2. The molecule has 1 aliphatic heterocycles. The zero-order chi connectivity index (χ0) is 19.4. The van der Waals surface area contributed by atoms with E-state index >= 15 is 0 Å². The van der Waals surface area contributed by atoms with Gasteiger partial charge in [0.15, 0.2) is 11.6 Å². The highest BCUT2D eigenvalue weighted by Crippen LogP contribution is 2.27. The molecule has 0 radical (unpaired) electrons. The molecule has 1 saturated heterocycles. The smallest absolute Gasteiger partial charge is 0.251 e. The third-order valence-corrected chi connectivity index (χ3v) is 4.64.